The highest BCUT2D eigenvalue weighted by Gasteiger charge is 2.48. The third kappa shape index (κ3) is 4.13. The van der Waals surface area contributed by atoms with Crippen molar-refractivity contribution >= 4 is 41.1 Å². The predicted molar refractivity (Wildman–Crippen MR) is 116 cm³/mol. The van der Waals surface area contributed by atoms with Crippen LogP contribution in [-0.4, -0.2) is 54.0 Å². The second kappa shape index (κ2) is 8.81. The van der Waals surface area contributed by atoms with E-state index in [9.17, 15) is 19.2 Å². The summed E-state index contributed by atoms with van der Waals surface area (Å²) < 4.78 is 4.63. The Bertz CT molecular complexity index is 1040. The summed E-state index contributed by atoms with van der Waals surface area (Å²) in [6, 6.07) is 13.2. The molecule has 0 unspecified atom stereocenters. The molecule has 2 N–H and O–H groups in total. The van der Waals surface area contributed by atoms with Crippen LogP contribution in [0.15, 0.2) is 48.5 Å². The van der Waals surface area contributed by atoms with Gasteiger partial charge in [-0.05, 0) is 35.9 Å². The van der Waals surface area contributed by atoms with E-state index in [1.165, 1.54) is 7.11 Å². The first-order valence-corrected chi connectivity index (χ1v) is 10.8. The number of hydrogen-bond acceptors (Lipinski definition) is 6. The quantitative estimate of drug-likeness (QED) is 0.669. The molecule has 1 saturated heterocycles. The number of methoxy groups -OCH3 is 1. The van der Waals surface area contributed by atoms with Crippen LogP contribution in [0.25, 0.3) is 0 Å². The number of carbonyl (C=O) groups is 4. The lowest BCUT2D eigenvalue weighted by atomic mass is 10.1. The highest BCUT2D eigenvalue weighted by atomic mass is 32.2. The summed E-state index contributed by atoms with van der Waals surface area (Å²) >= 11 is 1.57. The lowest BCUT2D eigenvalue weighted by molar-refractivity contribution is -0.124. The zero-order valence-corrected chi connectivity index (χ0v) is 17.6. The Labute approximate surface area is 183 Å². The molecule has 0 aliphatic carbocycles. The maximum absolute atomic E-state index is 12.7. The first kappa shape index (κ1) is 20.9. The van der Waals surface area contributed by atoms with Gasteiger partial charge in [-0.3, -0.25) is 14.4 Å². The molecule has 31 heavy (non-hydrogen) atoms. The summed E-state index contributed by atoms with van der Waals surface area (Å²) in [7, 11) is 1.30. The summed E-state index contributed by atoms with van der Waals surface area (Å²) in [5.74, 6) is -0.581. The summed E-state index contributed by atoms with van der Waals surface area (Å²) in [6.45, 7) is 0.158. The highest BCUT2D eigenvalue weighted by Crippen LogP contribution is 2.47. The SMILES string of the molecule is COC(=O)c1ccc(NC(=O)CCNC(=O)[C@@H]2CS[C@@H]3c4ccccc4C(=O)N32)cc1. The summed E-state index contributed by atoms with van der Waals surface area (Å²) in [6.07, 6.45) is 0.0853. The molecule has 2 aromatic carbocycles. The van der Waals surface area contributed by atoms with Gasteiger partial charge in [0.2, 0.25) is 11.8 Å². The van der Waals surface area contributed by atoms with Gasteiger partial charge in [0.15, 0.2) is 0 Å². The van der Waals surface area contributed by atoms with Gasteiger partial charge in [0.1, 0.15) is 11.4 Å². The van der Waals surface area contributed by atoms with Crippen LogP contribution in [0.3, 0.4) is 0 Å². The van der Waals surface area contributed by atoms with Crippen LogP contribution >= 0.6 is 11.8 Å². The number of nitrogens with zero attached hydrogens (tertiary/aromatic N) is 1. The zero-order valence-electron chi connectivity index (χ0n) is 16.8. The molecule has 2 atom stereocenters. The molecule has 3 amide bonds. The Kier molecular flexibility index (Phi) is 5.94. The first-order valence-electron chi connectivity index (χ1n) is 9.78. The molecule has 0 spiro atoms. The minimum atomic E-state index is -0.552. The number of fused-ring (bicyclic) bond motifs is 3. The molecule has 8 nitrogen and oxygen atoms in total. The molecule has 2 heterocycles. The summed E-state index contributed by atoms with van der Waals surface area (Å²) in [5, 5.41) is 5.35. The Morgan fingerprint density at radius 1 is 1.13 bits per heavy atom. The smallest absolute Gasteiger partial charge is 0.337 e. The lowest BCUT2D eigenvalue weighted by Gasteiger charge is -2.22. The van der Waals surface area contributed by atoms with E-state index >= 15 is 0 Å². The van der Waals surface area contributed by atoms with E-state index in [2.05, 4.69) is 15.4 Å². The van der Waals surface area contributed by atoms with Crippen molar-refractivity contribution in [2.75, 3.05) is 24.7 Å². The van der Waals surface area contributed by atoms with Crippen molar-refractivity contribution in [2.45, 2.75) is 17.8 Å². The number of nitrogens with one attached hydrogen (secondary N) is 2. The summed E-state index contributed by atoms with van der Waals surface area (Å²) in [4.78, 5) is 50.6. The van der Waals surface area contributed by atoms with Crippen molar-refractivity contribution in [3.63, 3.8) is 0 Å². The average molecular weight is 439 g/mol. The van der Waals surface area contributed by atoms with Gasteiger partial charge in [-0.25, -0.2) is 4.79 Å². The second-order valence-corrected chi connectivity index (χ2v) is 8.27. The molecular weight excluding hydrogens is 418 g/mol. The second-order valence-electron chi connectivity index (χ2n) is 7.16. The maximum atomic E-state index is 12.7. The van der Waals surface area contributed by atoms with E-state index in [0.717, 1.165) is 5.56 Å². The third-order valence-corrected chi connectivity index (χ3v) is 6.54. The predicted octanol–water partition coefficient (Wildman–Crippen LogP) is 2.19. The minimum Gasteiger partial charge on any atom is -0.465 e. The molecule has 2 aliphatic rings. The Morgan fingerprint density at radius 2 is 1.87 bits per heavy atom. The standard InChI is InChI=1S/C22H21N3O5S/c1-30-22(29)13-6-8-14(9-7-13)24-18(26)10-11-23-19(27)17-12-31-21-16-5-3-2-4-15(16)20(28)25(17)21/h2-9,17,21H,10-12H2,1H3,(H,23,27)(H,24,26)/t17-,21+/m0/s1. The van der Waals surface area contributed by atoms with Crippen LogP contribution in [0.4, 0.5) is 5.69 Å². The number of benzene rings is 2. The average Bonchev–Trinajstić information content (AvgIpc) is 3.34. The van der Waals surface area contributed by atoms with Gasteiger partial charge < -0.3 is 20.3 Å². The molecule has 0 saturated carbocycles. The molecule has 160 valence electrons. The van der Waals surface area contributed by atoms with Crippen molar-refractivity contribution in [3.05, 3.63) is 65.2 Å². The number of anilines is 1. The number of ether oxygens (including phenoxy) is 1. The first-order chi connectivity index (χ1) is 15.0. The van der Waals surface area contributed by atoms with Crippen LogP contribution in [-0.2, 0) is 14.3 Å². The van der Waals surface area contributed by atoms with Crippen LogP contribution in [0, 0.1) is 0 Å². The highest BCUT2D eigenvalue weighted by molar-refractivity contribution is 7.99. The molecule has 2 aromatic rings. The van der Waals surface area contributed by atoms with Gasteiger partial charge in [0, 0.05) is 30.0 Å². The largest absolute Gasteiger partial charge is 0.465 e. The zero-order chi connectivity index (χ0) is 22.0. The van der Waals surface area contributed by atoms with E-state index in [4.69, 9.17) is 0 Å². The van der Waals surface area contributed by atoms with Crippen molar-refractivity contribution in [1.82, 2.24) is 10.2 Å². The van der Waals surface area contributed by atoms with Crippen molar-refractivity contribution in [2.24, 2.45) is 0 Å². The van der Waals surface area contributed by atoms with E-state index in [1.807, 2.05) is 18.2 Å². The van der Waals surface area contributed by atoms with Gasteiger partial charge in [-0.1, -0.05) is 18.2 Å². The normalized spacial score (nSPS) is 18.9. The molecule has 2 aliphatic heterocycles. The van der Waals surface area contributed by atoms with Gasteiger partial charge >= 0.3 is 5.97 Å². The monoisotopic (exact) mass is 439 g/mol. The number of amides is 3. The molecule has 0 bridgehead atoms. The number of esters is 1. The third-order valence-electron chi connectivity index (χ3n) is 5.24. The minimum absolute atomic E-state index is 0.0853. The lowest BCUT2D eigenvalue weighted by Crippen LogP contribution is -2.46. The number of rotatable bonds is 6. The maximum Gasteiger partial charge on any atom is 0.337 e. The van der Waals surface area contributed by atoms with Crippen molar-refractivity contribution in [3.8, 4) is 0 Å². The van der Waals surface area contributed by atoms with Gasteiger partial charge in [-0.2, -0.15) is 0 Å². The topological polar surface area (TPSA) is 105 Å². The fraction of sp³-hybridized carbons (Fsp3) is 0.273. The number of hydrogen-bond donors (Lipinski definition) is 2. The van der Waals surface area contributed by atoms with Gasteiger partial charge in [0.05, 0.1) is 12.7 Å². The number of carbonyl (C=O) groups excluding carboxylic acids is 4. The summed E-state index contributed by atoms with van der Waals surface area (Å²) in [5.41, 5.74) is 2.53. The Hall–Kier alpha value is -3.33. The van der Waals surface area contributed by atoms with E-state index in [1.54, 1.807) is 47.0 Å². The Balaban J connectivity index is 1.27. The molecule has 0 aromatic heterocycles. The number of thioether (sulfide) groups is 1. The molecule has 9 heteroatoms. The van der Waals surface area contributed by atoms with Crippen molar-refractivity contribution < 1.29 is 23.9 Å². The fourth-order valence-corrected chi connectivity index (χ4v) is 5.16. The Morgan fingerprint density at radius 3 is 2.61 bits per heavy atom. The van der Waals surface area contributed by atoms with E-state index in [-0.39, 0.29) is 36.1 Å². The molecule has 1 fully saturated rings. The fourth-order valence-electron chi connectivity index (χ4n) is 3.69. The van der Waals surface area contributed by atoms with Crippen molar-refractivity contribution in [1.29, 1.82) is 0 Å². The van der Waals surface area contributed by atoms with Crippen LogP contribution in [0.1, 0.15) is 38.1 Å². The van der Waals surface area contributed by atoms with Gasteiger partial charge in [0.25, 0.3) is 5.91 Å². The van der Waals surface area contributed by atoms with Crippen LogP contribution in [0.2, 0.25) is 0 Å². The molecule has 4 rings (SSSR count). The molecular formula is C22H21N3O5S. The van der Waals surface area contributed by atoms with E-state index in [0.29, 0.717) is 22.6 Å². The van der Waals surface area contributed by atoms with Crippen LogP contribution in [0.5, 0.6) is 0 Å². The van der Waals surface area contributed by atoms with E-state index < -0.39 is 12.0 Å². The van der Waals surface area contributed by atoms with Crippen LogP contribution < -0.4 is 10.6 Å². The van der Waals surface area contributed by atoms with Gasteiger partial charge in [-0.15, -0.1) is 11.8 Å². The molecule has 0 radical (unpaired) electrons.